The first-order chi connectivity index (χ1) is 60.2. The van der Waals surface area contributed by atoms with Crippen molar-refractivity contribution in [1.82, 2.24) is 0 Å². The molecule has 18 heteroatoms. The van der Waals surface area contributed by atoms with Crippen LogP contribution in [0.1, 0.15) is 406 Å². The fourth-order valence-electron chi connectivity index (χ4n) is 13.2. The Hall–Kier alpha value is -5.35. The number of carbonyl (C=O) groups is 3. The highest BCUT2D eigenvalue weighted by Crippen LogP contribution is 2.45. The van der Waals surface area contributed by atoms with Gasteiger partial charge in [0.1, 0.15) is 25.4 Å². The molecule has 0 saturated heterocycles. The molecular weight excluding hydrogens is 1580 g/mol. The molecule has 0 spiro atoms. The van der Waals surface area contributed by atoms with Crippen LogP contribution >= 0.6 is 15.6 Å². The van der Waals surface area contributed by atoms with Gasteiger partial charge in [0.2, 0.25) is 0 Å². The number of hydrogen-bond acceptors (Lipinski definition) is 14. The van der Waals surface area contributed by atoms with Crippen molar-refractivity contribution in [3.8, 4) is 0 Å². The summed E-state index contributed by atoms with van der Waals surface area (Å²) >= 11 is 0. The predicted molar refractivity (Wildman–Crippen MR) is 518 cm³/mol. The average molecular weight is 1760 g/mol. The number of phosphoric ester groups is 2. The molecular formula is C105H178O16P2. The van der Waals surface area contributed by atoms with Crippen molar-refractivity contribution in [2.45, 2.75) is 424 Å². The van der Waals surface area contributed by atoms with Crippen molar-refractivity contribution in [3.63, 3.8) is 0 Å². The molecule has 0 heterocycles. The van der Waals surface area contributed by atoms with Crippen LogP contribution in [-0.4, -0.2) is 95.9 Å². The maximum absolute atomic E-state index is 13.1. The summed E-state index contributed by atoms with van der Waals surface area (Å²) in [6.07, 6.45) is 127. The number of carbonyl (C=O) groups excluding carboxylic acids is 3. The van der Waals surface area contributed by atoms with Gasteiger partial charge in [-0.2, -0.15) is 0 Å². The van der Waals surface area contributed by atoms with E-state index in [4.69, 9.17) is 32.3 Å². The predicted octanol–water partition coefficient (Wildman–Crippen LogP) is 30.8. The van der Waals surface area contributed by atoms with Gasteiger partial charge in [0.25, 0.3) is 0 Å². The molecule has 0 radical (unpaired) electrons. The summed E-state index contributed by atoms with van der Waals surface area (Å²) in [6.45, 7) is 2.47. The average Bonchev–Trinajstić information content (AvgIpc) is 0.898. The van der Waals surface area contributed by atoms with E-state index in [1.165, 1.54) is 173 Å². The molecule has 0 amide bonds. The number of allylic oxidation sites excluding steroid dienone is 30. The number of hydrogen-bond donors (Lipinski definition) is 4. The minimum atomic E-state index is -4.95. The Balaban J connectivity index is 4.58. The fourth-order valence-corrected chi connectivity index (χ4v) is 14.8. The standard InChI is InChI=1S/C105H178O16P2/c1-4-7-10-13-16-19-22-25-28-31-34-37-40-43-45-46-47-48-49-50-51-52-54-57-58-61-64-67-70-73-76-79-82-85-88-91-103(108)115-94-100(106)95-117-122(111,112)118-96-101(107)97-119-123(113,114)120-99-102(121-105(110)93-90-87-84-81-78-75-72-69-66-63-60-55-42-39-36-33-30-27-24-21-18-15-12-9-6-3)98-116-104(109)92-89-86-83-80-77-74-71-68-65-62-59-56-53-44-41-38-35-32-29-26-23-20-17-14-11-8-5-2/h7-8,10-11,16-21,25-30,34-39,43-45,47-48,53,55,60,100-102,106-107H,4-6,9,12-15,22-24,31-33,40-42,46,49-52,54,56-59,61-99H2,1-3H3,(H,111,112)(H,113,114)/b10-7-,11-8-,19-16-,20-17-,21-18-,28-25-,29-26-,30-27-,37-34-,38-35-,39-36-,45-43-,48-47-,53-44-,60-55-. The SMILES string of the molecule is CC/C=C\C/C=C\C/C=C\C/C=C\C/C=C\C/C=C\CCCCCCCCCCCCCCCCCCC(=O)OCC(O)COP(=O)(O)OCC(O)COP(=O)(O)OCC(COC(=O)CCCCCCCCCCCCC/C=C\C/C=C\C/C=C\C/C=C\C/C=C\CC)OC(=O)CCCCCCCCCCC/C=C\C/C=C\C/C=C\C/C=C\CCCCC. The summed E-state index contributed by atoms with van der Waals surface area (Å²) < 4.78 is 61.6. The monoisotopic (exact) mass is 1760 g/mol. The second kappa shape index (κ2) is 95.7. The Bertz CT molecular complexity index is 2970. The second-order valence-electron chi connectivity index (χ2n) is 32.5. The third-order valence-corrected chi connectivity index (χ3v) is 22.5. The molecule has 0 aromatic rings. The molecule has 704 valence electrons. The Morgan fingerprint density at radius 2 is 0.431 bits per heavy atom. The molecule has 0 aliphatic carbocycles. The van der Waals surface area contributed by atoms with Gasteiger partial charge < -0.3 is 34.2 Å². The zero-order valence-corrected chi connectivity index (χ0v) is 79.6. The van der Waals surface area contributed by atoms with Gasteiger partial charge in [-0.05, 0) is 161 Å². The first-order valence-corrected chi connectivity index (χ1v) is 52.1. The van der Waals surface area contributed by atoms with E-state index in [0.717, 1.165) is 173 Å². The van der Waals surface area contributed by atoms with E-state index in [1.807, 2.05) is 0 Å². The Kier molecular flexibility index (Phi) is 91.6. The van der Waals surface area contributed by atoms with Crippen LogP contribution in [0.15, 0.2) is 182 Å². The van der Waals surface area contributed by atoms with E-state index < -0.39 is 91.5 Å². The normalized spacial score (nSPS) is 14.5. The highest BCUT2D eigenvalue weighted by atomic mass is 31.2. The number of phosphoric acid groups is 2. The number of rotatable bonds is 92. The lowest BCUT2D eigenvalue weighted by Gasteiger charge is -2.21. The van der Waals surface area contributed by atoms with E-state index in [0.29, 0.717) is 19.3 Å². The van der Waals surface area contributed by atoms with Crippen LogP contribution < -0.4 is 0 Å². The third kappa shape index (κ3) is 97.1. The molecule has 0 rings (SSSR count). The lowest BCUT2D eigenvalue weighted by atomic mass is 10.0. The number of unbranched alkanes of at least 4 members (excludes halogenated alkanes) is 39. The largest absolute Gasteiger partial charge is 0.472 e. The van der Waals surface area contributed by atoms with Gasteiger partial charge in [0.15, 0.2) is 6.10 Å². The summed E-state index contributed by atoms with van der Waals surface area (Å²) in [6, 6.07) is 0. The number of esters is 3. The van der Waals surface area contributed by atoms with E-state index in [2.05, 4.69) is 203 Å². The molecule has 0 saturated carbocycles. The number of aliphatic hydroxyl groups excluding tert-OH is 2. The van der Waals surface area contributed by atoms with Gasteiger partial charge in [-0.3, -0.25) is 32.5 Å². The van der Waals surface area contributed by atoms with Gasteiger partial charge in [-0.25, -0.2) is 9.13 Å². The summed E-state index contributed by atoms with van der Waals surface area (Å²) in [4.78, 5) is 59.1. The molecule has 0 bridgehead atoms. The lowest BCUT2D eigenvalue weighted by molar-refractivity contribution is -0.161. The minimum Gasteiger partial charge on any atom is -0.463 e. The summed E-state index contributed by atoms with van der Waals surface area (Å²) in [5.41, 5.74) is 0. The fraction of sp³-hybridized carbons (Fsp3) is 0.686. The van der Waals surface area contributed by atoms with Crippen LogP contribution in [0, 0.1) is 0 Å². The molecule has 16 nitrogen and oxygen atoms in total. The van der Waals surface area contributed by atoms with Crippen LogP contribution in [0.25, 0.3) is 0 Å². The molecule has 5 unspecified atom stereocenters. The summed E-state index contributed by atoms with van der Waals surface area (Å²) in [5.74, 6) is -1.58. The molecule has 0 aromatic heterocycles. The smallest absolute Gasteiger partial charge is 0.463 e. The maximum atomic E-state index is 13.1. The van der Waals surface area contributed by atoms with Crippen molar-refractivity contribution < 1.29 is 75.8 Å². The van der Waals surface area contributed by atoms with E-state index in [1.54, 1.807) is 0 Å². The molecule has 0 aliphatic rings. The van der Waals surface area contributed by atoms with Crippen LogP contribution in [-0.2, 0) is 55.8 Å². The molecule has 123 heavy (non-hydrogen) atoms. The summed E-state index contributed by atoms with van der Waals surface area (Å²) in [5, 5.41) is 20.8. The zero-order chi connectivity index (χ0) is 89.3. The van der Waals surface area contributed by atoms with Crippen molar-refractivity contribution in [3.05, 3.63) is 182 Å². The van der Waals surface area contributed by atoms with Gasteiger partial charge in [-0.1, -0.05) is 409 Å². The molecule has 5 atom stereocenters. The van der Waals surface area contributed by atoms with Gasteiger partial charge in [0, 0.05) is 19.3 Å². The molecule has 4 N–H and O–H groups in total. The Morgan fingerprint density at radius 3 is 0.683 bits per heavy atom. The molecule has 0 fully saturated rings. The van der Waals surface area contributed by atoms with Gasteiger partial charge in [-0.15, -0.1) is 0 Å². The van der Waals surface area contributed by atoms with Gasteiger partial charge >= 0.3 is 33.6 Å². The minimum absolute atomic E-state index is 0.0928. The third-order valence-electron chi connectivity index (χ3n) is 20.6. The van der Waals surface area contributed by atoms with Crippen molar-refractivity contribution >= 4 is 33.6 Å². The van der Waals surface area contributed by atoms with E-state index in [-0.39, 0.29) is 19.3 Å². The van der Waals surface area contributed by atoms with Crippen LogP contribution in [0.5, 0.6) is 0 Å². The Labute approximate surface area is 751 Å². The topological polar surface area (TPSA) is 231 Å². The second-order valence-corrected chi connectivity index (χ2v) is 35.4. The van der Waals surface area contributed by atoms with Gasteiger partial charge in [0.05, 0.1) is 26.4 Å². The van der Waals surface area contributed by atoms with Crippen LogP contribution in [0.3, 0.4) is 0 Å². The zero-order valence-electron chi connectivity index (χ0n) is 77.8. The quantitative estimate of drug-likeness (QED) is 0.0146. The molecule has 0 aromatic carbocycles. The highest BCUT2D eigenvalue weighted by molar-refractivity contribution is 7.47. The first-order valence-electron chi connectivity index (χ1n) is 49.1. The van der Waals surface area contributed by atoms with Crippen molar-refractivity contribution in [2.75, 3.05) is 39.6 Å². The first kappa shape index (κ1) is 118. The lowest BCUT2D eigenvalue weighted by Crippen LogP contribution is -2.30. The van der Waals surface area contributed by atoms with E-state index >= 15 is 0 Å². The highest BCUT2D eigenvalue weighted by Gasteiger charge is 2.30. The van der Waals surface area contributed by atoms with Crippen LogP contribution in [0.2, 0.25) is 0 Å². The maximum Gasteiger partial charge on any atom is 0.472 e. The number of aliphatic hydroxyl groups is 2. The van der Waals surface area contributed by atoms with E-state index in [9.17, 15) is 43.5 Å². The van der Waals surface area contributed by atoms with Crippen LogP contribution in [0.4, 0.5) is 0 Å². The Morgan fingerprint density at radius 1 is 0.236 bits per heavy atom. The van der Waals surface area contributed by atoms with Crippen molar-refractivity contribution in [2.24, 2.45) is 0 Å². The van der Waals surface area contributed by atoms with Crippen molar-refractivity contribution in [1.29, 1.82) is 0 Å². The molecule has 0 aliphatic heterocycles. The number of ether oxygens (including phenoxy) is 3. The summed E-state index contributed by atoms with van der Waals surface area (Å²) in [7, 11) is -9.82.